The number of pyridine rings is 1. The van der Waals surface area contributed by atoms with Crippen molar-refractivity contribution in [2.45, 2.75) is 46.5 Å². The van der Waals surface area contributed by atoms with Crippen LogP contribution in [0, 0.1) is 20.8 Å². The Morgan fingerprint density at radius 1 is 1.06 bits per heavy atom. The number of fused-ring (bicyclic) bond motifs is 3. The standard InChI is InChI=1S/C28H27N7/c1-6-24-30-26-16(3)13-17(4)29-28(26)35(24)23-12-11-21-22(18(23)5)14-15(2)19-9-7-8-10-20(19)25(21)27-31-33-34-32-27/h7-13,25H,2,6,14H2,1,3-5H3,(H,31,32,33,34). The van der Waals surface area contributed by atoms with Crippen molar-refractivity contribution >= 4 is 16.7 Å². The number of tetrazole rings is 1. The molecule has 1 aliphatic rings. The highest BCUT2D eigenvalue weighted by molar-refractivity contribution is 5.79. The van der Waals surface area contributed by atoms with Gasteiger partial charge < -0.3 is 0 Å². The third-order valence-electron chi connectivity index (χ3n) is 7.14. The van der Waals surface area contributed by atoms with Crippen LogP contribution in [0.15, 0.2) is 49.0 Å². The minimum Gasteiger partial charge on any atom is -0.280 e. The molecule has 0 bridgehead atoms. The minimum absolute atomic E-state index is 0.125. The number of aryl methyl sites for hydroxylation is 3. The molecule has 7 nitrogen and oxygen atoms in total. The van der Waals surface area contributed by atoms with Gasteiger partial charge in [-0.3, -0.25) is 4.57 Å². The summed E-state index contributed by atoms with van der Waals surface area (Å²) in [7, 11) is 0. The topological polar surface area (TPSA) is 85.2 Å². The van der Waals surface area contributed by atoms with E-state index in [2.05, 4.69) is 95.0 Å². The molecule has 0 radical (unpaired) electrons. The molecule has 7 heteroatoms. The van der Waals surface area contributed by atoms with Crippen LogP contribution in [0.2, 0.25) is 0 Å². The SMILES string of the molecule is C=C1Cc2c(ccc(-n3c(CC)nc4c(C)cc(C)nc43)c2C)C(c2nn[nH]n2)c2ccccc21. The molecule has 0 spiro atoms. The van der Waals surface area contributed by atoms with E-state index in [0.29, 0.717) is 5.82 Å². The molecule has 6 rings (SSSR count). The number of nitrogens with one attached hydrogen (secondary N) is 1. The molecule has 1 N–H and O–H groups in total. The van der Waals surface area contributed by atoms with Gasteiger partial charge in [-0.05, 0) is 78.3 Å². The van der Waals surface area contributed by atoms with E-state index in [1.54, 1.807) is 0 Å². The maximum atomic E-state index is 4.97. The molecular weight excluding hydrogens is 434 g/mol. The Morgan fingerprint density at radius 3 is 2.66 bits per heavy atom. The van der Waals surface area contributed by atoms with Gasteiger partial charge in [0.15, 0.2) is 11.5 Å². The molecule has 1 unspecified atom stereocenters. The fourth-order valence-electron chi connectivity index (χ4n) is 5.53. The van der Waals surface area contributed by atoms with Crippen molar-refractivity contribution in [2.75, 3.05) is 0 Å². The normalized spacial score (nSPS) is 15.2. The third-order valence-corrected chi connectivity index (χ3v) is 7.14. The predicted molar refractivity (Wildman–Crippen MR) is 137 cm³/mol. The van der Waals surface area contributed by atoms with E-state index in [0.717, 1.165) is 63.5 Å². The number of rotatable bonds is 3. The molecule has 5 aromatic rings. The number of aromatic amines is 1. The lowest BCUT2D eigenvalue weighted by atomic mass is 9.86. The van der Waals surface area contributed by atoms with Gasteiger partial charge in [-0.2, -0.15) is 5.21 Å². The Morgan fingerprint density at radius 2 is 1.89 bits per heavy atom. The van der Waals surface area contributed by atoms with E-state index in [9.17, 15) is 0 Å². The summed E-state index contributed by atoms with van der Waals surface area (Å²) < 4.78 is 2.23. The molecule has 3 aromatic heterocycles. The van der Waals surface area contributed by atoms with E-state index >= 15 is 0 Å². The summed E-state index contributed by atoms with van der Waals surface area (Å²) in [6.07, 6.45) is 1.56. The molecule has 1 atom stereocenters. The quantitative estimate of drug-likeness (QED) is 0.401. The van der Waals surface area contributed by atoms with Crippen LogP contribution < -0.4 is 0 Å². The lowest BCUT2D eigenvalue weighted by molar-refractivity contribution is 0.847. The van der Waals surface area contributed by atoms with Crippen LogP contribution in [0.3, 0.4) is 0 Å². The zero-order chi connectivity index (χ0) is 24.3. The van der Waals surface area contributed by atoms with Crippen molar-refractivity contribution in [3.8, 4) is 5.69 Å². The second kappa shape index (κ2) is 7.98. The highest BCUT2D eigenvalue weighted by Crippen LogP contribution is 2.43. The van der Waals surface area contributed by atoms with Crippen molar-refractivity contribution in [3.63, 3.8) is 0 Å². The summed E-state index contributed by atoms with van der Waals surface area (Å²) in [4.78, 5) is 9.88. The van der Waals surface area contributed by atoms with Crippen molar-refractivity contribution < 1.29 is 0 Å². The van der Waals surface area contributed by atoms with Gasteiger partial charge >= 0.3 is 0 Å². The van der Waals surface area contributed by atoms with Gasteiger partial charge in [0.2, 0.25) is 0 Å². The Labute approximate surface area is 204 Å². The highest BCUT2D eigenvalue weighted by atomic mass is 15.5. The van der Waals surface area contributed by atoms with E-state index in [1.165, 1.54) is 16.7 Å². The molecule has 2 aromatic carbocycles. The van der Waals surface area contributed by atoms with Gasteiger partial charge in [-0.1, -0.05) is 49.0 Å². The average molecular weight is 462 g/mol. The summed E-state index contributed by atoms with van der Waals surface area (Å²) in [5.74, 6) is 1.55. The summed E-state index contributed by atoms with van der Waals surface area (Å²) in [6, 6.07) is 14.9. The Bertz CT molecular complexity index is 1610. The fraction of sp³-hybridized carbons (Fsp3) is 0.250. The Balaban J connectivity index is 1.64. The molecule has 174 valence electrons. The first kappa shape index (κ1) is 21.4. The van der Waals surface area contributed by atoms with Crippen LogP contribution in [0.5, 0.6) is 0 Å². The number of benzene rings is 2. The molecule has 35 heavy (non-hydrogen) atoms. The molecule has 3 heterocycles. The van der Waals surface area contributed by atoms with Crippen molar-refractivity contribution in [2.24, 2.45) is 0 Å². The molecule has 0 fully saturated rings. The van der Waals surface area contributed by atoms with Crippen molar-refractivity contribution in [3.05, 3.63) is 99.8 Å². The van der Waals surface area contributed by atoms with E-state index < -0.39 is 0 Å². The third kappa shape index (κ3) is 3.22. The monoisotopic (exact) mass is 461 g/mol. The lowest BCUT2D eigenvalue weighted by Gasteiger charge is -2.21. The molecule has 0 saturated heterocycles. The number of imidazole rings is 1. The van der Waals surface area contributed by atoms with Gasteiger partial charge in [0.1, 0.15) is 11.3 Å². The first-order valence-corrected chi connectivity index (χ1v) is 12.0. The second-order valence-electron chi connectivity index (χ2n) is 9.32. The summed E-state index contributed by atoms with van der Waals surface area (Å²) in [6.45, 7) is 13.0. The molecule has 0 aliphatic heterocycles. The molecule has 0 saturated carbocycles. The number of allylic oxidation sites excluding steroid dienone is 1. The van der Waals surface area contributed by atoms with Gasteiger partial charge in [0, 0.05) is 12.1 Å². The van der Waals surface area contributed by atoms with Crippen molar-refractivity contribution in [1.29, 1.82) is 0 Å². The fourth-order valence-corrected chi connectivity index (χ4v) is 5.53. The zero-order valence-electron chi connectivity index (χ0n) is 20.4. The van der Waals surface area contributed by atoms with Gasteiger partial charge in [0.05, 0.1) is 11.6 Å². The highest BCUT2D eigenvalue weighted by Gasteiger charge is 2.31. The van der Waals surface area contributed by atoms with Crippen LogP contribution >= 0.6 is 0 Å². The maximum Gasteiger partial charge on any atom is 0.186 e. The van der Waals surface area contributed by atoms with Gasteiger partial charge in [0.25, 0.3) is 0 Å². The smallest absolute Gasteiger partial charge is 0.186 e. The number of hydrogen-bond acceptors (Lipinski definition) is 5. The summed E-state index contributed by atoms with van der Waals surface area (Å²) >= 11 is 0. The average Bonchev–Trinajstić information content (AvgIpc) is 3.47. The van der Waals surface area contributed by atoms with Gasteiger partial charge in [-0.15, -0.1) is 10.2 Å². The minimum atomic E-state index is -0.125. The number of nitrogens with zero attached hydrogens (tertiary/aromatic N) is 6. The molecule has 1 aliphatic carbocycles. The van der Waals surface area contributed by atoms with Crippen LogP contribution in [0.1, 0.15) is 63.6 Å². The Hall–Kier alpha value is -4.13. The van der Waals surface area contributed by atoms with Crippen LogP contribution in [-0.4, -0.2) is 35.2 Å². The van der Waals surface area contributed by atoms with E-state index in [1.807, 2.05) is 6.92 Å². The first-order valence-electron chi connectivity index (χ1n) is 12.0. The van der Waals surface area contributed by atoms with Crippen LogP contribution in [0.4, 0.5) is 0 Å². The van der Waals surface area contributed by atoms with Crippen molar-refractivity contribution in [1.82, 2.24) is 35.2 Å². The van der Waals surface area contributed by atoms with Crippen LogP contribution in [0.25, 0.3) is 22.4 Å². The zero-order valence-corrected chi connectivity index (χ0v) is 20.4. The van der Waals surface area contributed by atoms with E-state index in [-0.39, 0.29) is 5.92 Å². The van der Waals surface area contributed by atoms with Gasteiger partial charge in [-0.25, -0.2) is 9.97 Å². The lowest BCUT2D eigenvalue weighted by Crippen LogP contribution is -2.11. The molecular formula is C28H27N7. The Kier molecular flexibility index (Phi) is 4.88. The van der Waals surface area contributed by atoms with E-state index in [4.69, 9.17) is 9.97 Å². The predicted octanol–water partition coefficient (Wildman–Crippen LogP) is 5.17. The number of aromatic nitrogens is 7. The first-order chi connectivity index (χ1) is 17.0. The second-order valence-corrected chi connectivity index (χ2v) is 9.32. The largest absolute Gasteiger partial charge is 0.280 e. The van der Waals surface area contributed by atoms with Crippen LogP contribution in [-0.2, 0) is 12.8 Å². The summed E-state index contributed by atoms with van der Waals surface area (Å²) in [5.41, 5.74) is 12.1. The molecule has 0 amide bonds. The maximum absolute atomic E-state index is 4.97. The number of hydrogen-bond donors (Lipinski definition) is 1. The number of H-pyrrole nitrogens is 1. The summed E-state index contributed by atoms with van der Waals surface area (Å²) in [5, 5.41) is 15.3.